The molecule has 0 fully saturated rings. The highest BCUT2D eigenvalue weighted by molar-refractivity contribution is 9.11. The Morgan fingerprint density at radius 1 is 1.40 bits per heavy atom. The first-order chi connectivity index (χ1) is 9.35. The molecule has 0 spiro atoms. The first-order valence-electron chi connectivity index (χ1n) is 5.47. The largest absolute Gasteiger partial charge is 0.392 e. The number of rotatable bonds is 4. The zero-order valence-corrected chi connectivity index (χ0v) is 14.3. The molecule has 2 rings (SSSR count). The van der Waals surface area contributed by atoms with E-state index in [9.17, 15) is 13.5 Å². The summed E-state index contributed by atoms with van der Waals surface area (Å²) in [5.41, 5.74) is 1.15. The van der Waals surface area contributed by atoms with Crippen LogP contribution in [-0.4, -0.2) is 23.7 Å². The molecule has 0 aliphatic carbocycles. The van der Waals surface area contributed by atoms with Crippen LogP contribution in [0.2, 0.25) is 0 Å². The average molecular weight is 425 g/mol. The molecule has 2 aromatic rings. The third kappa shape index (κ3) is 3.05. The number of hydrogen-bond donors (Lipinski definition) is 3. The normalized spacial score (nSPS) is 11.6. The maximum absolute atomic E-state index is 12.3. The van der Waals surface area contributed by atoms with Crippen molar-refractivity contribution in [2.24, 2.45) is 0 Å². The molecule has 1 aromatic heterocycles. The second-order valence-corrected chi connectivity index (χ2v) is 7.39. The van der Waals surface area contributed by atoms with Crippen molar-refractivity contribution in [1.82, 2.24) is 10.2 Å². The Hall–Kier alpha value is -0.900. The van der Waals surface area contributed by atoms with Crippen LogP contribution in [0.3, 0.4) is 0 Å². The Morgan fingerprint density at radius 3 is 2.75 bits per heavy atom. The zero-order valence-electron chi connectivity index (χ0n) is 10.3. The fraction of sp³-hybridized carbons (Fsp3) is 0.182. The molecule has 0 aliphatic rings. The van der Waals surface area contributed by atoms with Gasteiger partial charge in [0.15, 0.2) is 0 Å². The minimum absolute atomic E-state index is 0.204. The number of aliphatic hydroxyl groups excluding tert-OH is 1. The van der Waals surface area contributed by atoms with Gasteiger partial charge in [0, 0.05) is 20.2 Å². The SMILES string of the molecule is Cc1[nH]nc(S(=O)(=O)Nc2cc(Br)ccc2Br)c1CO. The molecule has 108 valence electrons. The van der Waals surface area contributed by atoms with E-state index in [1.165, 1.54) is 0 Å². The molecule has 0 aliphatic heterocycles. The number of anilines is 1. The number of aliphatic hydroxyl groups is 1. The summed E-state index contributed by atoms with van der Waals surface area (Å²) in [6, 6.07) is 5.12. The van der Waals surface area contributed by atoms with Gasteiger partial charge in [-0.05, 0) is 41.1 Å². The number of nitrogens with one attached hydrogen (secondary N) is 2. The highest BCUT2D eigenvalue weighted by Gasteiger charge is 2.24. The predicted molar refractivity (Wildman–Crippen MR) is 81.9 cm³/mol. The van der Waals surface area contributed by atoms with Crippen LogP contribution in [0.1, 0.15) is 11.3 Å². The lowest BCUT2D eigenvalue weighted by atomic mass is 10.3. The number of nitrogens with zero attached hydrogens (tertiary/aromatic N) is 1. The maximum atomic E-state index is 12.3. The Labute approximate surface area is 132 Å². The number of aromatic amines is 1. The average Bonchev–Trinajstić information content (AvgIpc) is 2.75. The quantitative estimate of drug-likeness (QED) is 0.702. The molecule has 20 heavy (non-hydrogen) atoms. The molecule has 0 bridgehead atoms. The zero-order chi connectivity index (χ0) is 14.9. The van der Waals surface area contributed by atoms with Crippen LogP contribution in [-0.2, 0) is 16.6 Å². The number of aryl methyl sites for hydroxylation is 1. The van der Waals surface area contributed by atoms with E-state index in [4.69, 9.17) is 0 Å². The van der Waals surface area contributed by atoms with Gasteiger partial charge in [-0.15, -0.1) is 0 Å². The second-order valence-electron chi connectivity index (χ2n) is 4.02. The Balaban J connectivity index is 2.43. The lowest BCUT2D eigenvalue weighted by molar-refractivity contribution is 0.277. The standard InChI is InChI=1S/C11H11Br2N3O3S/c1-6-8(5-17)11(15-14-6)20(18,19)16-10-4-7(12)2-3-9(10)13/h2-4,16-17H,5H2,1H3,(H,14,15). The summed E-state index contributed by atoms with van der Waals surface area (Å²) in [5.74, 6) is 0. The number of hydrogen-bond acceptors (Lipinski definition) is 4. The van der Waals surface area contributed by atoms with Gasteiger partial charge in [0.1, 0.15) is 0 Å². The smallest absolute Gasteiger partial charge is 0.281 e. The van der Waals surface area contributed by atoms with Gasteiger partial charge in [0.25, 0.3) is 10.0 Å². The second kappa shape index (κ2) is 5.84. The highest BCUT2D eigenvalue weighted by atomic mass is 79.9. The number of sulfonamides is 1. The van der Waals surface area contributed by atoms with E-state index < -0.39 is 16.6 Å². The van der Waals surface area contributed by atoms with Gasteiger partial charge >= 0.3 is 0 Å². The Morgan fingerprint density at radius 2 is 2.10 bits per heavy atom. The molecular formula is C11H11Br2N3O3S. The minimum atomic E-state index is -3.88. The molecular weight excluding hydrogens is 414 g/mol. The van der Waals surface area contributed by atoms with Crippen molar-refractivity contribution in [1.29, 1.82) is 0 Å². The molecule has 0 amide bonds. The third-order valence-electron chi connectivity index (χ3n) is 2.62. The number of H-pyrrole nitrogens is 1. The monoisotopic (exact) mass is 423 g/mol. The number of halogens is 2. The highest BCUT2D eigenvalue weighted by Crippen LogP contribution is 2.28. The van der Waals surface area contributed by atoms with Crippen LogP contribution < -0.4 is 4.72 Å². The molecule has 0 saturated carbocycles. The summed E-state index contributed by atoms with van der Waals surface area (Å²) >= 11 is 6.55. The van der Waals surface area contributed by atoms with Crippen LogP contribution in [0.15, 0.2) is 32.2 Å². The van der Waals surface area contributed by atoms with Crippen molar-refractivity contribution in [3.05, 3.63) is 38.4 Å². The van der Waals surface area contributed by atoms with Crippen LogP contribution in [0.25, 0.3) is 0 Å². The van der Waals surface area contributed by atoms with Crippen molar-refractivity contribution in [3.8, 4) is 0 Å². The van der Waals surface area contributed by atoms with E-state index in [1.54, 1.807) is 25.1 Å². The third-order valence-corrected chi connectivity index (χ3v) is 5.14. The van der Waals surface area contributed by atoms with Crippen LogP contribution in [0.4, 0.5) is 5.69 Å². The van der Waals surface area contributed by atoms with Gasteiger partial charge in [-0.3, -0.25) is 9.82 Å². The predicted octanol–water partition coefficient (Wildman–Crippen LogP) is 2.54. The van der Waals surface area contributed by atoms with Crippen LogP contribution in [0.5, 0.6) is 0 Å². The molecule has 6 nitrogen and oxygen atoms in total. The first kappa shape index (κ1) is 15.5. The van der Waals surface area contributed by atoms with Gasteiger partial charge < -0.3 is 5.11 Å². The van der Waals surface area contributed by atoms with Gasteiger partial charge in [0.2, 0.25) is 5.03 Å². The van der Waals surface area contributed by atoms with Crippen molar-refractivity contribution in [3.63, 3.8) is 0 Å². The van der Waals surface area contributed by atoms with Crippen molar-refractivity contribution in [2.75, 3.05) is 4.72 Å². The minimum Gasteiger partial charge on any atom is -0.392 e. The van der Waals surface area contributed by atoms with E-state index in [0.717, 1.165) is 4.47 Å². The van der Waals surface area contributed by atoms with E-state index in [0.29, 0.717) is 15.9 Å². The number of aromatic nitrogens is 2. The topological polar surface area (TPSA) is 95.1 Å². The molecule has 0 radical (unpaired) electrons. The summed E-state index contributed by atoms with van der Waals surface area (Å²) < 4.78 is 28.4. The Kier molecular flexibility index (Phi) is 4.52. The Bertz CT molecular complexity index is 743. The van der Waals surface area contributed by atoms with E-state index >= 15 is 0 Å². The van der Waals surface area contributed by atoms with Crippen molar-refractivity contribution in [2.45, 2.75) is 18.6 Å². The van der Waals surface area contributed by atoms with Gasteiger partial charge in [-0.1, -0.05) is 15.9 Å². The lowest BCUT2D eigenvalue weighted by Gasteiger charge is -2.09. The van der Waals surface area contributed by atoms with Crippen LogP contribution in [0, 0.1) is 6.92 Å². The van der Waals surface area contributed by atoms with Crippen LogP contribution >= 0.6 is 31.9 Å². The molecule has 1 heterocycles. The number of benzene rings is 1. The lowest BCUT2D eigenvalue weighted by Crippen LogP contribution is -2.15. The van der Waals surface area contributed by atoms with Gasteiger partial charge in [-0.25, -0.2) is 0 Å². The molecule has 9 heteroatoms. The van der Waals surface area contributed by atoms with E-state index in [1.807, 2.05) is 0 Å². The first-order valence-corrected chi connectivity index (χ1v) is 8.54. The van der Waals surface area contributed by atoms with E-state index in [-0.39, 0.29) is 10.6 Å². The molecule has 0 atom stereocenters. The van der Waals surface area contributed by atoms with Gasteiger partial charge in [-0.2, -0.15) is 13.5 Å². The fourth-order valence-electron chi connectivity index (χ4n) is 1.61. The molecule has 0 unspecified atom stereocenters. The summed E-state index contributed by atoms with van der Waals surface area (Å²) in [4.78, 5) is 0. The van der Waals surface area contributed by atoms with Crippen molar-refractivity contribution >= 4 is 47.6 Å². The van der Waals surface area contributed by atoms with E-state index in [2.05, 4.69) is 46.8 Å². The summed E-state index contributed by atoms with van der Waals surface area (Å²) in [6.45, 7) is 1.24. The summed E-state index contributed by atoms with van der Waals surface area (Å²) in [7, 11) is -3.88. The maximum Gasteiger partial charge on any atom is 0.281 e. The summed E-state index contributed by atoms with van der Waals surface area (Å²) in [6.07, 6.45) is 0. The molecule has 0 saturated heterocycles. The van der Waals surface area contributed by atoms with Gasteiger partial charge in [0.05, 0.1) is 12.3 Å². The van der Waals surface area contributed by atoms with Crippen molar-refractivity contribution < 1.29 is 13.5 Å². The molecule has 1 aromatic carbocycles. The molecule has 3 N–H and O–H groups in total. The fourth-order valence-corrected chi connectivity index (χ4v) is 3.71. The summed E-state index contributed by atoms with van der Waals surface area (Å²) in [5, 5.41) is 15.3.